The van der Waals surface area contributed by atoms with E-state index < -0.39 is 0 Å². The van der Waals surface area contributed by atoms with Crippen molar-refractivity contribution in [1.29, 1.82) is 0 Å². The van der Waals surface area contributed by atoms with Gasteiger partial charge < -0.3 is 20.2 Å². The van der Waals surface area contributed by atoms with Gasteiger partial charge in [0.05, 0.1) is 12.8 Å². The molecule has 0 saturated heterocycles. The van der Waals surface area contributed by atoms with Gasteiger partial charge in [-0.05, 0) is 28.1 Å². The summed E-state index contributed by atoms with van der Waals surface area (Å²) >= 11 is 3.48. The number of hydrogen-bond acceptors (Lipinski definition) is 7. The van der Waals surface area contributed by atoms with Crippen LogP contribution < -0.4 is 21.3 Å². The minimum absolute atomic E-state index is 0.295. The van der Waals surface area contributed by atoms with Crippen LogP contribution in [0.5, 0.6) is 5.75 Å². The van der Waals surface area contributed by atoms with Gasteiger partial charge in [0.1, 0.15) is 24.0 Å². The maximum atomic E-state index is 5.41. The van der Waals surface area contributed by atoms with E-state index in [1.165, 1.54) is 0 Å². The summed E-state index contributed by atoms with van der Waals surface area (Å²) < 4.78 is 11.1. The van der Waals surface area contributed by atoms with E-state index in [1.54, 1.807) is 20.3 Å². The second kappa shape index (κ2) is 7.21. The number of methoxy groups -OCH3 is 2. The van der Waals surface area contributed by atoms with Crippen LogP contribution in [0.4, 0.5) is 17.3 Å². The summed E-state index contributed by atoms with van der Waals surface area (Å²) in [6, 6.07) is 7.31. The van der Waals surface area contributed by atoms with E-state index in [4.69, 9.17) is 15.3 Å². The highest BCUT2D eigenvalue weighted by atomic mass is 79.9. The second-order valence-electron chi connectivity index (χ2n) is 4.10. The first-order chi connectivity index (χ1) is 10.2. The minimum atomic E-state index is 0.295. The van der Waals surface area contributed by atoms with Crippen molar-refractivity contribution >= 4 is 33.3 Å². The van der Waals surface area contributed by atoms with Gasteiger partial charge in [-0.2, -0.15) is 0 Å². The summed E-state index contributed by atoms with van der Waals surface area (Å²) in [6.07, 6.45) is 0. The van der Waals surface area contributed by atoms with Gasteiger partial charge in [-0.25, -0.2) is 15.8 Å². The normalized spacial score (nSPS) is 10.3. The highest BCUT2D eigenvalue weighted by Crippen LogP contribution is 2.29. The number of halogens is 1. The summed E-state index contributed by atoms with van der Waals surface area (Å²) in [5.74, 6) is 7.77. The van der Waals surface area contributed by atoms with Crippen molar-refractivity contribution in [3.05, 3.63) is 34.6 Å². The molecule has 0 unspecified atom stereocenters. The Morgan fingerprint density at radius 2 is 1.95 bits per heavy atom. The van der Waals surface area contributed by atoms with Gasteiger partial charge in [-0.3, -0.25) is 0 Å². The Labute approximate surface area is 131 Å². The molecule has 7 nitrogen and oxygen atoms in total. The molecule has 112 valence electrons. The molecule has 1 aromatic carbocycles. The second-order valence-corrected chi connectivity index (χ2v) is 4.96. The SMILES string of the molecule is COCc1nc(NN)cc(Nc2cc(OC)ccc2Br)n1. The van der Waals surface area contributed by atoms with Crippen molar-refractivity contribution < 1.29 is 9.47 Å². The zero-order valence-corrected chi connectivity index (χ0v) is 13.3. The Balaban J connectivity index is 2.32. The monoisotopic (exact) mass is 353 g/mol. The molecular weight excluding hydrogens is 338 g/mol. The number of nitrogens with zero attached hydrogens (tertiary/aromatic N) is 2. The Kier molecular flexibility index (Phi) is 5.32. The van der Waals surface area contributed by atoms with Crippen LogP contribution in [0, 0.1) is 0 Å². The number of ether oxygens (including phenoxy) is 2. The molecule has 0 aliphatic rings. The lowest BCUT2D eigenvalue weighted by Gasteiger charge is -2.12. The van der Waals surface area contributed by atoms with Crippen molar-refractivity contribution in [3.63, 3.8) is 0 Å². The molecule has 0 bridgehead atoms. The van der Waals surface area contributed by atoms with Crippen molar-refractivity contribution in [3.8, 4) is 5.75 Å². The van der Waals surface area contributed by atoms with Gasteiger partial charge in [0, 0.05) is 23.7 Å². The summed E-state index contributed by atoms with van der Waals surface area (Å²) in [5, 5.41) is 3.19. The number of benzene rings is 1. The Hall–Kier alpha value is -1.90. The average molecular weight is 354 g/mol. The van der Waals surface area contributed by atoms with Gasteiger partial charge in [0.25, 0.3) is 0 Å². The summed E-state index contributed by atoms with van der Waals surface area (Å²) in [6.45, 7) is 0.295. The van der Waals surface area contributed by atoms with Crippen LogP contribution in [-0.2, 0) is 11.3 Å². The van der Waals surface area contributed by atoms with Crippen LogP contribution >= 0.6 is 15.9 Å². The molecule has 0 aliphatic heterocycles. The molecular formula is C13H16BrN5O2. The summed E-state index contributed by atoms with van der Waals surface area (Å²) in [5.41, 5.74) is 3.32. The number of anilines is 3. The predicted octanol–water partition coefficient (Wildman–Crippen LogP) is 2.42. The molecule has 0 fully saturated rings. The van der Waals surface area contributed by atoms with Gasteiger partial charge in [-0.1, -0.05) is 0 Å². The van der Waals surface area contributed by atoms with E-state index in [2.05, 4.69) is 36.6 Å². The fourth-order valence-corrected chi connectivity index (χ4v) is 2.04. The van der Waals surface area contributed by atoms with E-state index >= 15 is 0 Å². The van der Waals surface area contributed by atoms with Crippen molar-refractivity contribution in [2.45, 2.75) is 6.61 Å². The lowest BCUT2D eigenvalue weighted by molar-refractivity contribution is 0.178. The van der Waals surface area contributed by atoms with Crippen LogP contribution in [0.15, 0.2) is 28.7 Å². The van der Waals surface area contributed by atoms with Gasteiger partial charge in [0.2, 0.25) is 0 Å². The number of hydrogen-bond donors (Lipinski definition) is 3. The highest BCUT2D eigenvalue weighted by molar-refractivity contribution is 9.10. The number of nitrogen functional groups attached to an aromatic ring is 1. The van der Waals surface area contributed by atoms with Gasteiger partial charge in [-0.15, -0.1) is 0 Å². The van der Waals surface area contributed by atoms with Crippen molar-refractivity contribution in [2.75, 3.05) is 25.0 Å². The summed E-state index contributed by atoms with van der Waals surface area (Å²) in [4.78, 5) is 8.55. The van der Waals surface area contributed by atoms with E-state index in [9.17, 15) is 0 Å². The molecule has 0 aliphatic carbocycles. The Morgan fingerprint density at radius 1 is 1.19 bits per heavy atom. The van der Waals surface area contributed by atoms with Crippen molar-refractivity contribution in [2.24, 2.45) is 5.84 Å². The third-order valence-electron chi connectivity index (χ3n) is 2.63. The number of hydrazine groups is 1. The number of nitrogens with one attached hydrogen (secondary N) is 2. The van der Waals surface area contributed by atoms with E-state index in [0.717, 1.165) is 15.9 Å². The van der Waals surface area contributed by atoms with Gasteiger partial charge >= 0.3 is 0 Å². The molecule has 0 saturated carbocycles. The largest absolute Gasteiger partial charge is 0.497 e. The smallest absolute Gasteiger partial charge is 0.158 e. The molecule has 1 aromatic heterocycles. The molecule has 21 heavy (non-hydrogen) atoms. The Bertz CT molecular complexity index is 624. The number of nitrogens with two attached hydrogens (primary N) is 1. The third-order valence-corrected chi connectivity index (χ3v) is 3.32. The highest BCUT2D eigenvalue weighted by Gasteiger charge is 2.07. The predicted molar refractivity (Wildman–Crippen MR) is 84.5 cm³/mol. The molecule has 2 rings (SSSR count). The number of rotatable bonds is 6. The van der Waals surface area contributed by atoms with Crippen LogP contribution in [0.1, 0.15) is 5.82 Å². The minimum Gasteiger partial charge on any atom is -0.497 e. The fourth-order valence-electron chi connectivity index (χ4n) is 1.69. The van der Waals surface area contributed by atoms with E-state index in [-0.39, 0.29) is 0 Å². The topological polar surface area (TPSA) is 94.3 Å². The molecule has 0 spiro atoms. The lowest BCUT2D eigenvalue weighted by Crippen LogP contribution is -2.12. The third kappa shape index (κ3) is 4.03. The van der Waals surface area contributed by atoms with Gasteiger partial charge in [0.15, 0.2) is 5.82 Å². The lowest BCUT2D eigenvalue weighted by atomic mass is 10.3. The zero-order valence-electron chi connectivity index (χ0n) is 11.7. The van der Waals surface area contributed by atoms with Crippen molar-refractivity contribution in [1.82, 2.24) is 9.97 Å². The maximum absolute atomic E-state index is 5.41. The quantitative estimate of drug-likeness (QED) is 0.542. The summed E-state index contributed by atoms with van der Waals surface area (Å²) in [7, 11) is 3.20. The first-order valence-corrected chi connectivity index (χ1v) is 6.89. The van der Waals surface area contributed by atoms with Crippen LogP contribution in [0.3, 0.4) is 0 Å². The molecule has 8 heteroatoms. The van der Waals surface area contributed by atoms with Crippen LogP contribution in [-0.4, -0.2) is 24.2 Å². The molecule has 0 atom stereocenters. The zero-order chi connectivity index (χ0) is 15.2. The average Bonchev–Trinajstić information content (AvgIpc) is 2.49. The Morgan fingerprint density at radius 3 is 2.62 bits per heavy atom. The number of aromatic nitrogens is 2. The first-order valence-electron chi connectivity index (χ1n) is 6.10. The van der Waals surface area contributed by atoms with Crippen LogP contribution in [0.2, 0.25) is 0 Å². The first kappa shape index (κ1) is 15.5. The van der Waals surface area contributed by atoms with E-state index in [1.807, 2.05) is 18.2 Å². The molecule has 4 N–H and O–H groups in total. The molecule has 0 radical (unpaired) electrons. The fraction of sp³-hybridized carbons (Fsp3) is 0.231. The van der Waals surface area contributed by atoms with Crippen LogP contribution in [0.25, 0.3) is 0 Å². The molecule has 1 heterocycles. The van der Waals surface area contributed by atoms with E-state index in [0.29, 0.717) is 24.1 Å². The molecule has 2 aromatic rings. The molecule has 0 amide bonds. The maximum Gasteiger partial charge on any atom is 0.158 e. The standard InChI is InChI=1S/C13H16BrN5O2/c1-20-7-13-17-11(6-12(18-13)19-15)16-10-5-8(21-2)3-4-9(10)14/h3-6H,7,15H2,1-2H3,(H2,16,17,18,19).